The molecule has 19 heavy (non-hydrogen) atoms. The van der Waals surface area contributed by atoms with E-state index in [1.165, 1.54) is 10.4 Å². The molecule has 0 radical (unpaired) electrons. The van der Waals surface area contributed by atoms with Crippen LogP contribution < -0.4 is 0 Å². The fraction of sp³-hybridized carbons (Fsp3) is 0.545. The molecule has 1 amide bonds. The van der Waals surface area contributed by atoms with Crippen LogP contribution in [0.3, 0.4) is 0 Å². The number of halogens is 1. The van der Waals surface area contributed by atoms with Crippen molar-refractivity contribution < 1.29 is 13.2 Å². The van der Waals surface area contributed by atoms with Crippen molar-refractivity contribution in [2.75, 3.05) is 19.6 Å². The smallest absolute Gasteiger partial charge is 0.253 e. The fourth-order valence-electron chi connectivity index (χ4n) is 1.98. The largest absolute Gasteiger partial charge is 0.338 e. The molecular weight excluding hydrogens is 308 g/mol. The molecule has 2 rings (SSSR count). The predicted molar refractivity (Wildman–Crippen MR) is 74.9 cm³/mol. The van der Waals surface area contributed by atoms with Crippen LogP contribution in [0, 0.1) is 0 Å². The standard InChI is InChI=1S/C11H15ClN2O3S2/c1-8(2)14-6-5-13(7-10(14)15)19(16,17)11-4-3-9(12)18-11/h3-4,8H,5-7H2,1-2H3. The van der Waals surface area contributed by atoms with E-state index in [0.717, 1.165) is 11.3 Å². The Bertz CT molecular complexity index is 583. The third-order valence-corrected chi connectivity index (χ3v) is 6.53. The highest BCUT2D eigenvalue weighted by Gasteiger charge is 2.34. The zero-order valence-electron chi connectivity index (χ0n) is 10.7. The Morgan fingerprint density at radius 1 is 1.32 bits per heavy atom. The minimum atomic E-state index is -3.60. The number of carbonyl (C=O) groups is 1. The summed E-state index contributed by atoms with van der Waals surface area (Å²) in [4.78, 5) is 13.6. The minimum absolute atomic E-state index is 0.0912. The van der Waals surface area contributed by atoms with Gasteiger partial charge in [0, 0.05) is 19.1 Å². The summed E-state index contributed by atoms with van der Waals surface area (Å²) in [6.07, 6.45) is 0. The molecule has 0 spiro atoms. The lowest BCUT2D eigenvalue weighted by molar-refractivity contribution is -0.135. The van der Waals surface area contributed by atoms with Crippen LogP contribution in [0.1, 0.15) is 13.8 Å². The van der Waals surface area contributed by atoms with Crippen molar-refractivity contribution in [3.63, 3.8) is 0 Å². The molecule has 2 heterocycles. The van der Waals surface area contributed by atoms with E-state index in [2.05, 4.69) is 0 Å². The molecule has 1 aromatic rings. The normalized spacial score (nSPS) is 18.3. The summed E-state index contributed by atoms with van der Waals surface area (Å²) in [5.74, 6) is -0.160. The van der Waals surface area contributed by atoms with Crippen LogP contribution >= 0.6 is 22.9 Å². The molecule has 0 saturated carbocycles. The lowest BCUT2D eigenvalue weighted by Gasteiger charge is -2.35. The summed E-state index contributed by atoms with van der Waals surface area (Å²) in [5.41, 5.74) is 0. The Hall–Kier alpha value is -0.630. The molecule has 1 aliphatic rings. The second kappa shape index (κ2) is 5.40. The highest BCUT2D eigenvalue weighted by molar-refractivity contribution is 7.91. The maximum absolute atomic E-state index is 12.3. The monoisotopic (exact) mass is 322 g/mol. The van der Waals surface area contributed by atoms with E-state index >= 15 is 0 Å². The first-order chi connectivity index (χ1) is 8.82. The lowest BCUT2D eigenvalue weighted by Crippen LogP contribution is -2.54. The van der Waals surface area contributed by atoms with Gasteiger partial charge in [-0.05, 0) is 26.0 Å². The van der Waals surface area contributed by atoms with Gasteiger partial charge < -0.3 is 4.90 Å². The average molecular weight is 323 g/mol. The van der Waals surface area contributed by atoms with E-state index in [9.17, 15) is 13.2 Å². The van der Waals surface area contributed by atoms with Crippen LogP contribution in [0.5, 0.6) is 0 Å². The highest BCUT2D eigenvalue weighted by Crippen LogP contribution is 2.28. The van der Waals surface area contributed by atoms with Gasteiger partial charge in [0.1, 0.15) is 4.21 Å². The molecule has 8 heteroatoms. The van der Waals surface area contributed by atoms with Crippen LogP contribution in [0.2, 0.25) is 4.34 Å². The summed E-state index contributed by atoms with van der Waals surface area (Å²) in [5, 5.41) is 0. The second-order valence-corrected chi connectivity index (χ2v) is 8.46. The Labute approximate surface area is 121 Å². The number of nitrogens with zero attached hydrogens (tertiary/aromatic N) is 2. The van der Waals surface area contributed by atoms with Gasteiger partial charge in [0.2, 0.25) is 5.91 Å². The fourth-order valence-corrected chi connectivity index (χ4v) is 5.00. The number of hydrogen-bond acceptors (Lipinski definition) is 4. The SMILES string of the molecule is CC(C)N1CCN(S(=O)(=O)c2ccc(Cl)s2)CC1=O. The molecule has 0 N–H and O–H groups in total. The molecular formula is C11H15ClN2O3S2. The van der Waals surface area contributed by atoms with Crippen molar-refractivity contribution in [2.45, 2.75) is 24.1 Å². The van der Waals surface area contributed by atoms with Gasteiger partial charge in [0.05, 0.1) is 10.9 Å². The van der Waals surface area contributed by atoms with Crippen molar-refractivity contribution in [3.8, 4) is 0 Å². The number of carbonyl (C=O) groups excluding carboxylic acids is 1. The maximum Gasteiger partial charge on any atom is 0.253 e. The van der Waals surface area contributed by atoms with Crippen molar-refractivity contribution >= 4 is 38.9 Å². The Morgan fingerprint density at radius 3 is 2.47 bits per heavy atom. The Kier molecular flexibility index (Phi) is 4.20. The first kappa shape index (κ1) is 14.8. The van der Waals surface area contributed by atoms with Crippen molar-refractivity contribution in [3.05, 3.63) is 16.5 Å². The second-order valence-electron chi connectivity index (χ2n) is 4.58. The first-order valence-electron chi connectivity index (χ1n) is 5.87. The molecule has 106 valence electrons. The number of rotatable bonds is 3. The molecule has 5 nitrogen and oxygen atoms in total. The maximum atomic E-state index is 12.3. The van der Waals surface area contributed by atoms with E-state index in [-0.39, 0.29) is 22.7 Å². The zero-order valence-corrected chi connectivity index (χ0v) is 13.1. The van der Waals surface area contributed by atoms with Gasteiger partial charge in [-0.15, -0.1) is 11.3 Å². The summed E-state index contributed by atoms with van der Waals surface area (Å²) in [7, 11) is -3.60. The Balaban J connectivity index is 2.18. The summed E-state index contributed by atoms with van der Waals surface area (Å²) >= 11 is 6.77. The zero-order chi connectivity index (χ0) is 14.2. The van der Waals surface area contributed by atoms with Crippen molar-refractivity contribution in [1.82, 2.24) is 9.21 Å². The number of hydrogen-bond donors (Lipinski definition) is 0. The first-order valence-corrected chi connectivity index (χ1v) is 8.51. The molecule has 0 aromatic carbocycles. The highest BCUT2D eigenvalue weighted by atomic mass is 35.5. The molecule has 0 aliphatic carbocycles. The van der Waals surface area contributed by atoms with Crippen LogP contribution in [0.15, 0.2) is 16.3 Å². The summed E-state index contributed by atoms with van der Waals surface area (Å²) in [6, 6.07) is 3.11. The van der Waals surface area contributed by atoms with Crippen LogP contribution in [-0.4, -0.2) is 49.2 Å². The van der Waals surface area contributed by atoms with E-state index in [1.807, 2.05) is 13.8 Å². The van der Waals surface area contributed by atoms with E-state index < -0.39 is 10.0 Å². The molecule has 1 aromatic heterocycles. The molecule has 0 bridgehead atoms. The summed E-state index contributed by atoms with van der Waals surface area (Å²) in [6.45, 7) is 4.48. The van der Waals surface area contributed by atoms with Gasteiger partial charge in [-0.2, -0.15) is 4.31 Å². The topological polar surface area (TPSA) is 57.7 Å². The molecule has 0 atom stereocenters. The van der Waals surface area contributed by atoms with Crippen molar-refractivity contribution in [2.24, 2.45) is 0 Å². The Morgan fingerprint density at radius 2 is 2.00 bits per heavy atom. The van der Waals surface area contributed by atoms with E-state index in [1.54, 1.807) is 11.0 Å². The van der Waals surface area contributed by atoms with Gasteiger partial charge in [-0.1, -0.05) is 11.6 Å². The van der Waals surface area contributed by atoms with Gasteiger partial charge in [0.25, 0.3) is 10.0 Å². The van der Waals surface area contributed by atoms with Crippen LogP contribution in [0.25, 0.3) is 0 Å². The molecule has 0 unspecified atom stereocenters. The van der Waals surface area contributed by atoms with Gasteiger partial charge >= 0.3 is 0 Å². The number of sulfonamides is 1. The third kappa shape index (κ3) is 2.94. The molecule has 1 saturated heterocycles. The van der Waals surface area contributed by atoms with E-state index in [0.29, 0.717) is 17.4 Å². The number of thiophene rings is 1. The van der Waals surface area contributed by atoms with Gasteiger partial charge in [-0.25, -0.2) is 8.42 Å². The minimum Gasteiger partial charge on any atom is -0.338 e. The quantitative estimate of drug-likeness (QED) is 0.850. The number of piperazine rings is 1. The summed E-state index contributed by atoms with van der Waals surface area (Å²) < 4.78 is 26.5. The number of amides is 1. The predicted octanol–water partition coefficient (Wildman–Crippen LogP) is 1.64. The van der Waals surface area contributed by atoms with E-state index in [4.69, 9.17) is 11.6 Å². The lowest BCUT2D eigenvalue weighted by atomic mass is 10.2. The average Bonchev–Trinajstić information content (AvgIpc) is 2.76. The molecule has 1 fully saturated rings. The third-order valence-electron chi connectivity index (χ3n) is 2.99. The van der Waals surface area contributed by atoms with Crippen molar-refractivity contribution in [1.29, 1.82) is 0 Å². The molecule has 1 aliphatic heterocycles. The van der Waals surface area contributed by atoms with Gasteiger partial charge in [0.15, 0.2) is 0 Å². The van der Waals surface area contributed by atoms with Gasteiger partial charge in [-0.3, -0.25) is 4.79 Å². The van der Waals surface area contributed by atoms with Crippen LogP contribution in [-0.2, 0) is 14.8 Å². The van der Waals surface area contributed by atoms with Crippen LogP contribution in [0.4, 0.5) is 0 Å².